The van der Waals surface area contributed by atoms with Crippen molar-refractivity contribution >= 4 is 0 Å². The van der Waals surface area contributed by atoms with E-state index in [0.717, 1.165) is 30.5 Å². The molecular formula is C16H25NO. The third kappa shape index (κ3) is 2.74. The summed E-state index contributed by atoms with van der Waals surface area (Å²) < 4.78 is 0. The Kier molecular flexibility index (Phi) is 3.05. The molecule has 0 atom stereocenters. The average Bonchev–Trinajstić information content (AvgIpc) is 2.12. The smallest absolute Gasteiger partial charge is 0.0921 e. The number of hydrogen-bond donors (Lipinski definition) is 1. The van der Waals surface area contributed by atoms with Gasteiger partial charge < -0.3 is 5.11 Å². The number of aliphatic hydroxyl groups is 1. The summed E-state index contributed by atoms with van der Waals surface area (Å²) in [6.45, 7) is 11.0. The molecule has 0 radical (unpaired) electrons. The van der Waals surface area contributed by atoms with Gasteiger partial charge in [-0.2, -0.15) is 0 Å². The maximum absolute atomic E-state index is 11.1. The van der Waals surface area contributed by atoms with Crippen molar-refractivity contribution in [1.82, 2.24) is 4.98 Å². The number of hydrogen-bond acceptors (Lipinski definition) is 2. The molecule has 1 aromatic rings. The first kappa shape index (κ1) is 13.5. The zero-order valence-corrected chi connectivity index (χ0v) is 12.2. The lowest BCUT2D eigenvalue weighted by atomic mass is 9.58. The Hall–Kier alpha value is -0.890. The van der Waals surface area contributed by atoms with Crippen LogP contribution < -0.4 is 0 Å². The lowest BCUT2D eigenvalue weighted by Crippen LogP contribution is -2.44. The van der Waals surface area contributed by atoms with Gasteiger partial charge in [0.2, 0.25) is 0 Å². The Morgan fingerprint density at radius 2 is 1.56 bits per heavy atom. The van der Waals surface area contributed by atoms with Gasteiger partial charge in [0.1, 0.15) is 0 Å². The second-order valence-electron chi connectivity index (χ2n) is 7.58. The van der Waals surface area contributed by atoms with E-state index in [1.54, 1.807) is 0 Å². The summed E-state index contributed by atoms with van der Waals surface area (Å²) in [6.07, 6.45) is 4.62. The van der Waals surface area contributed by atoms with Crippen LogP contribution in [-0.2, 0) is 5.60 Å². The summed E-state index contributed by atoms with van der Waals surface area (Å²) in [6, 6.07) is 4.02. The fourth-order valence-corrected chi connectivity index (χ4v) is 4.01. The quantitative estimate of drug-likeness (QED) is 0.818. The minimum Gasteiger partial charge on any atom is -0.385 e. The summed E-state index contributed by atoms with van der Waals surface area (Å²) in [5.41, 5.74) is 1.57. The maximum Gasteiger partial charge on any atom is 0.0921 e. The number of rotatable bonds is 1. The topological polar surface area (TPSA) is 33.1 Å². The van der Waals surface area contributed by atoms with Crippen molar-refractivity contribution in [3.05, 3.63) is 29.6 Å². The first-order valence-corrected chi connectivity index (χ1v) is 6.78. The van der Waals surface area contributed by atoms with Crippen LogP contribution in [0.2, 0.25) is 0 Å². The standard InChI is InChI=1S/C16H25NO/c1-12-6-7-13(8-17-12)16(18)10-14(2,3)9-15(4,5)11-16/h6-8,18H,9-11H2,1-5H3. The van der Waals surface area contributed by atoms with Crippen molar-refractivity contribution in [1.29, 1.82) is 0 Å². The average molecular weight is 247 g/mol. The molecule has 1 fully saturated rings. The molecule has 1 heterocycles. The second kappa shape index (κ2) is 4.06. The van der Waals surface area contributed by atoms with Gasteiger partial charge in [0.15, 0.2) is 0 Å². The van der Waals surface area contributed by atoms with E-state index in [-0.39, 0.29) is 10.8 Å². The molecule has 18 heavy (non-hydrogen) atoms. The van der Waals surface area contributed by atoms with Gasteiger partial charge in [0, 0.05) is 17.5 Å². The third-order valence-electron chi connectivity index (χ3n) is 3.95. The van der Waals surface area contributed by atoms with Crippen LogP contribution in [0.5, 0.6) is 0 Å². The number of pyridine rings is 1. The third-order valence-corrected chi connectivity index (χ3v) is 3.95. The minimum absolute atomic E-state index is 0.168. The van der Waals surface area contributed by atoms with E-state index in [4.69, 9.17) is 0 Å². The number of nitrogens with zero attached hydrogens (tertiary/aromatic N) is 1. The van der Waals surface area contributed by atoms with Crippen LogP contribution in [-0.4, -0.2) is 10.1 Å². The van der Waals surface area contributed by atoms with E-state index in [9.17, 15) is 5.11 Å². The second-order valence-corrected chi connectivity index (χ2v) is 7.58. The molecule has 0 spiro atoms. The van der Waals surface area contributed by atoms with Gasteiger partial charge in [-0.25, -0.2) is 0 Å². The molecule has 1 aliphatic rings. The van der Waals surface area contributed by atoms with Crippen molar-refractivity contribution < 1.29 is 5.11 Å². The van der Waals surface area contributed by atoms with E-state index >= 15 is 0 Å². The van der Waals surface area contributed by atoms with Gasteiger partial charge in [0.05, 0.1) is 5.60 Å². The molecule has 0 unspecified atom stereocenters. The van der Waals surface area contributed by atoms with Crippen molar-refractivity contribution in [3.8, 4) is 0 Å². The van der Waals surface area contributed by atoms with Crippen LogP contribution in [0, 0.1) is 17.8 Å². The summed E-state index contributed by atoms with van der Waals surface area (Å²) in [5.74, 6) is 0. The van der Waals surface area contributed by atoms with Crippen molar-refractivity contribution in [2.45, 2.75) is 59.5 Å². The highest BCUT2D eigenvalue weighted by molar-refractivity contribution is 5.23. The molecule has 2 heteroatoms. The molecule has 0 amide bonds. The first-order valence-electron chi connectivity index (χ1n) is 6.78. The lowest BCUT2D eigenvalue weighted by molar-refractivity contribution is -0.0914. The number of aryl methyl sites for hydroxylation is 1. The van der Waals surface area contributed by atoms with Gasteiger partial charge >= 0.3 is 0 Å². The Balaban J connectivity index is 2.37. The van der Waals surface area contributed by atoms with Crippen LogP contribution in [0.4, 0.5) is 0 Å². The molecule has 1 N–H and O–H groups in total. The predicted octanol–water partition coefficient (Wildman–Crippen LogP) is 3.81. The van der Waals surface area contributed by atoms with Crippen molar-refractivity contribution in [2.75, 3.05) is 0 Å². The van der Waals surface area contributed by atoms with Crippen LogP contribution in [0.15, 0.2) is 18.3 Å². The minimum atomic E-state index is -0.730. The summed E-state index contributed by atoms with van der Waals surface area (Å²) in [5, 5.41) is 11.1. The molecule has 2 rings (SSSR count). The first-order chi connectivity index (χ1) is 8.12. The van der Waals surface area contributed by atoms with Gasteiger partial charge in [-0.1, -0.05) is 33.8 Å². The van der Waals surface area contributed by atoms with Gasteiger partial charge in [-0.15, -0.1) is 0 Å². The predicted molar refractivity (Wildman–Crippen MR) is 74.3 cm³/mol. The highest BCUT2D eigenvalue weighted by atomic mass is 16.3. The Bertz CT molecular complexity index is 415. The Morgan fingerprint density at radius 1 is 1.00 bits per heavy atom. The Morgan fingerprint density at radius 3 is 2.00 bits per heavy atom. The van der Waals surface area contributed by atoms with E-state index in [1.807, 2.05) is 25.3 Å². The highest BCUT2D eigenvalue weighted by Crippen LogP contribution is 2.53. The molecule has 0 saturated heterocycles. The number of aromatic nitrogens is 1. The maximum atomic E-state index is 11.1. The molecule has 1 saturated carbocycles. The largest absolute Gasteiger partial charge is 0.385 e. The van der Waals surface area contributed by atoms with Crippen molar-refractivity contribution in [2.24, 2.45) is 10.8 Å². The molecule has 100 valence electrons. The molecule has 1 aliphatic carbocycles. The lowest BCUT2D eigenvalue weighted by Gasteiger charge is -2.49. The molecular weight excluding hydrogens is 222 g/mol. The fraction of sp³-hybridized carbons (Fsp3) is 0.688. The van der Waals surface area contributed by atoms with E-state index in [1.165, 1.54) is 0 Å². The van der Waals surface area contributed by atoms with E-state index in [2.05, 4.69) is 32.7 Å². The van der Waals surface area contributed by atoms with Gasteiger partial charge in [-0.3, -0.25) is 4.98 Å². The molecule has 1 aromatic heterocycles. The Labute approximate surface area is 110 Å². The molecule has 0 aromatic carbocycles. The van der Waals surface area contributed by atoms with E-state index < -0.39 is 5.60 Å². The van der Waals surface area contributed by atoms with Crippen LogP contribution in [0.25, 0.3) is 0 Å². The fourth-order valence-electron chi connectivity index (χ4n) is 4.01. The molecule has 0 bridgehead atoms. The van der Waals surface area contributed by atoms with Gasteiger partial charge in [0.25, 0.3) is 0 Å². The monoisotopic (exact) mass is 247 g/mol. The van der Waals surface area contributed by atoms with E-state index in [0.29, 0.717) is 0 Å². The van der Waals surface area contributed by atoms with Crippen molar-refractivity contribution in [3.63, 3.8) is 0 Å². The van der Waals surface area contributed by atoms with Gasteiger partial charge in [-0.05, 0) is 43.1 Å². The zero-order valence-electron chi connectivity index (χ0n) is 12.2. The van der Waals surface area contributed by atoms with Crippen LogP contribution in [0.1, 0.15) is 58.2 Å². The normalized spacial score (nSPS) is 24.8. The SMILES string of the molecule is Cc1ccc(C2(O)CC(C)(C)CC(C)(C)C2)cn1. The van der Waals surface area contributed by atoms with Crippen LogP contribution in [0.3, 0.4) is 0 Å². The highest BCUT2D eigenvalue weighted by Gasteiger charge is 2.47. The molecule has 2 nitrogen and oxygen atoms in total. The zero-order chi connectivity index (χ0) is 13.6. The molecule has 0 aliphatic heterocycles. The van der Waals surface area contributed by atoms with Crippen LogP contribution >= 0.6 is 0 Å². The summed E-state index contributed by atoms with van der Waals surface area (Å²) in [4.78, 5) is 4.34. The summed E-state index contributed by atoms with van der Waals surface area (Å²) in [7, 11) is 0. The summed E-state index contributed by atoms with van der Waals surface area (Å²) >= 11 is 0.